The van der Waals surface area contributed by atoms with Crippen LogP contribution in [0.4, 0.5) is 5.95 Å². The van der Waals surface area contributed by atoms with E-state index in [9.17, 15) is 0 Å². The van der Waals surface area contributed by atoms with E-state index in [0.29, 0.717) is 19.8 Å². The minimum atomic E-state index is -0.129. The molecule has 0 aliphatic carbocycles. The van der Waals surface area contributed by atoms with Crippen molar-refractivity contribution < 1.29 is 9.47 Å². The second-order valence-electron chi connectivity index (χ2n) is 8.31. The maximum Gasteiger partial charge on any atom is 0.224 e. The highest BCUT2D eigenvalue weighted by atomic mass is 16.5. The summed E-state index contributed by atoms with van der Waals surface area (Å²) in [6.45, 7) is 8.21. The zero-order valence-corrected chi connectivity index (χ0v) is 19.1. The van der Waals surface area contributed by atoms with Crippen molar-refractivity contribution in [2.75, 3.05) is 44.8 Å². The van der Waals surface area contributed by atoms with Gasteiger partial charge in [0.05, 0.1) is 12.6 Å². The number of hydrogen-bond acceptors (Lipinski definition) is 7. The van der Waals surface area contributed by atoms with Crippen LogP contribution in [0.5, 0.6) is 5.75 Å². The number of hydrogen-bond donors (Lipinski definition) is 2. The van der Waals surface area contributed by atoms with Crippen LogP contribution in [0.1, 0.15) is 56.5 Å². The first-order chi connectivity index (χ1) is 15.1. The van der Waals surface area contributed by atoms with Crippen molar-refractivity contribution in [3.63, 3.8) is 0 Å². The summed E-state index contributed by atoms with van der Waals surface area (Å²) >= 11 is 0. The van der Waals surface area contributed by atoms with Crippen molar-refractivity contribution in [2.24, 2.45) is 12.8 Å². The van der Waals surface area contributed by atoms with Gasteiger partial charge < -0.3 is 20.5 Å². The SMILES string of the molecule is CC(N)c1nnc(NCCCOCCCOc2cccc(CN3CCCCC3)c2)n1C. The van der Waals surface area contributed by atoms with Crippen molar-refractivity contribution in [3.05, 3.63) is 35.7 Å². The first-order valence-corrected chi connectivity index (χ1v) is 11.5. The highest BCUT2D eigenvalue weighted by Crippen LogP contribution is 2.18. The quantitative estimate of drug-likeness (QED) is 0.472. The highest BCUT2D eigenvalue weighted by molar-refractivity contribution is 5.28. The van der Waals surface area contributed by atoms with E-state index in [2.05, 4.69) is 38.6 Å². The van der Waals surface area contributed by atoms with Crippen molar-refractivity contribution in [2.45, 2.75) is 51.6 Å². The molecule has 3 N–H and O–H groups in total. The van der Waals surface area contributed by atoms with Crippen molar-refractivity contribution in [1.29, 1.82) is 0 Å². The summed E-state index contributed by atoms with van der Waals surface area (Å²) in [5.41, 5.74) is 7.19. The van der Waals surface area contributed by atoms with E-state index in [1.807, 2.05) is 24.6 Å². The predicted molar refractivity (Wildman–Crippen MR) is 123 cm³/mol. The first-order valence-electron chi connectivity index (χ1n) is 11.5. The predicted octanol–water partition coefficient (Wildman–Crippen LogP) is 3.11. The molecule has 0 radical (unpaired) electrons. The van der Waals surface area contributed by atoms with Gasteiger partial charge in [-0.15, -0.1) is 10.2 Å². The molecule has 0 bridgehead atoms. The third-order valence-corrected chi connectivity index (χ3v) is 5.52. The lowest BCUT2D eigenvalue weighted by molar-refractivity contribution is 0.119. The van der Waals surface area contributed by atoms with Crippen LogP contribution in [-0.4, -0.2) is 59.1 Å². The summed E-state index contributed by atoms with van der Waals surface area (Å²) in [5.74, 6) is 2.47. The number of ether oxygens (including phenoxy) is 2. The molecular weight excluding hydrogens is 392 g/mol. The number of likely N-dealkylation sites (tertiary alicyclic amines) is 1. The van der Waals surface area contributed by atoms with Gasteiger partial charge in [-0.3, -0.25) is 9.47 Å². The molecule has 2 aromatic rings. The molecule has 0 spiro atoms. The van der Waals surface area contributed by atoms with Crippen LogP contribution in [0.25, 0.3) is 0 Å². The number of anilines is 1. The molecule has 1 aromatic heterocycles. The Morgan fingerprint density at radius 1 is 1.10 bits per heavy atom. The minimum absolute atomic E-state index is 0.129. The smallest absolute Gasteiger partial charge is 0.224 e. The molecule has 172 valence electrons. The van der Waals surface area contributed by atoms with Crippen molar-refractivity contribution in [1.82, 2.24) is 19.7 Å². The van der Waals surface area contributed by atoms with Gasteiger partial charge in [-0.25, -0.2) is 0 Å². The van der Waals surface area contributed by atoms with Gasteiger partial charge in [-0.1, -0.05) is 18.6 Å². The second-order valence-corrected chi connectivity index (χ2v) is 8.31. The lowest BCUT2D eigenvalue weighted by atomic mass is 10.1. The summed E-state index contributed by atoms with van der Waals surface area (Å²) in [6, 6.07) is 8.36. The van der Waals surface area contributed by atoms with Gasteiger partial charge in [0.1, 0.15) is 5.75 Å². The van der Waals surface area contributed by atoms with Crippen LogP contribution < -0.4 is 15.8 Å². The summed E-state index contributed by atoms with van der Waals surface area (Å²) in [4.78, 5) is 2.54. The minimum Gasteiger partial charge on any atom is -0.493 e. The monoisotopic (exact) mass is 430 g/mol. The number of benzene rings is 1. The molecule has 8 heteroatoms. The number of nitrogens with two attached hydrogens (primary N) is 1. The van der Waals surface area contributed by atoms with Gasteiger partial charge >= 0.3 is 0 Å². The Labute approximate surface area is 186 Å². The van der Waals surface area contributed by atoms with Gasteiger partial charge in [0.15, 0.2) is 5.82 Å². The van der Waals surface area contributed by atoms with Crippen LogP contribution in [0.3, 0.4) is 0 Å². The maximum atomic E-state index is 5.92. The average Bonchev–Trinajstić information content (AvgIpc) is 3.14. The molecule has 8 nitrogen and oxygen atoms in total. The van der Waals surface area contributed by atoms with Crippen LogP contribution in [0.2, 0.25) is 0 Å². The number of aromatic nitrogens is 3. The van der Waals surface area contributed by atoms with Gasteiger partial charge in [0.2, 0.25) is 5.95 Å². The zero-order valence-electron chi connectivity index (χ0n) is 19.1. The third kappa shape index (κ3) is 7.79. The Bertz CT molecular complexity index is 773. The molecule has 3 rings (SSSR count). The van der Waals surface area contributed by atoms with Crippen molar-refractivity contribution in [3.8, 4) is 5.75 Å². The first kappa shape index (κ1) is 23.5. The number of rotatable bonds is 13. The molecule has 0 saturated carbocycles. The fraction of sp³-hybridized carbons (Fsp3) is 0.652. The molecule has 1 aliphatic heterocycles. The standard InChI is InChI=1S/C23H38N6O2/c1-19(24)22-26-27-23(28(22)2)25-11-7-14-30-15-8-16-31-21-10-6-9-20(17-21)18-29-12-4-3-5-13-29/h6,9-10,17,19H,3-5,7-8,11-16,18,24H2,1-2H3,(H,25,27). The Morgan fingerprint density at radius 3 is 2.68 bits per heavy atom. The van der Waals surface area contributed by atoms with E-state index >= 15 is 0 Å². The van der Waals surface area contributed by atoms with Gasteiger partial charge in [-0.2, -0.15) is 0 Å². The van der Waals surface area contributed by atoms with E-state index in [1.165, 1.54) is 37.9 Å². The molecule has 1 aromatic carbocycles. The molecule has 1 unspecified atom stereocenters. The summed E-state index contributed by atoms with van der Waals surface area (Å²) in [7, 11) is 1.92. The Kier molecular flexibility index (Phi) is 9.58. The van der Waals surface area contributed by atoms with Crippen LogP contribution >= 0.6 is 0 Å². The Morgan fingerprint density at radius 2 is 1.90 bits per heavy atom. The molecular formula is C23H38N6O2. The zero-order chi connectivity index (χ0) is 21.9. The molecule has 2 heterocycles. The summed E-state index contributed by atoms with van der Waals surface area (Å²) < 4.78 is 13.5. The fourth-order valence-electron chi connectivity index (χ4n) is 3.83. The molecule has 1 fully saturated rings. The largest absolute Gasteiger partial charge is 0.493 e. The average molecular weight is 431 g/mol. The molecule has 1 aliphatic rings. The van der Waals surface area contributed by atoms with Gasteiger partial charge in [0.25, 0.3) is 0 Å². The number of nitrogens with one attached hydrogen (secondary N) is 1. The summed E-state index contributed by atoms with van der Waals surface area (Å²) in [6.07, 6.45) is 5.79. The van der Waals surface area contributed by atoms with Crippen LogP contribution in [-0.2, 0) is 18.3 Å². The normalized spacial score (nSPS) is 15.7. The molecule has 1 saturated heterocycles. The number of nitrogens with zero attached hydrogens (tertiary/aromatic N) is 4. The van der Waals surface area contributed by atoms with Gasteiger partial charge in [-0.05, 0) is 57.0 Å². The Hall–Kier alpha value is -2.16. The summed E-state index contributed by atoms with van der Waals surface area (Å²) in [5, 5.41) is 11.5. The van der Waals surface area contributed by atoms with E-state index in [1.54, 1.807) is 0 Å². The van der Waals surface area contributed by atoms with Crippen molar-refractivity contribution >= 4 is 5.95 Å². The fourth-order valence-corrected chi connectivity index (χ4v) is 3.83. The van der Waals surface area contributed by atoms with Gasteiger partial charge in [0, 0.05) is 39.8 Å². The Balaban J connectivity index is 1.23. The second kappa shape index (κ2) is 12.6. The maximum absolute atomic E-state index is 5.92. The lowest BCUT2D eigenvalue weighted by Crippen LogP contribution is -2.29. The number of piperidine rings is 1. The van der Waals surface area contributed by atoms with E-state index in [4.69, 9.17) is 15.2 Å². The lowest BCUT2D eigenvalue weighted by Gasteiger charge is -2.26. The van der Waals surface area contributed by atoms with E-state index in [0.717, 1.165) is 43.5 Å². The topological polar surface area (TPSA) is 90.5 Å². The molecule has 1 atom stereocenters. The van der Waals surface area contributed by atoms with Crippen LogP contribution in [0.15, 0.2) is 24.3 Å². The molecule has 31 heavy (non-hydrogen) atoms. The highest BCUT2D eigenvalue weighted by Gasteiger charge is 2.12. The third-order valence-electron chi connectivity index (χ3n) is 5.52. The van der Waals surface area contributed by atoms with Crippen LogP contribution in [0, 0.1) is 0 Å². The molecule has 0 amide bonds. The van der Waals surface area contributed by atoms with E-state index < -0.39 is 0 Å². The van der Waals surface area contributed by atoms with E-state index in [-0.39, 0.29) is 6.04 Å².